The van der Waals surface area contributed by atoms with Crippen LogP contribution < -0.4 is 0 Å². The zero-order valence-corrected chi connectivity index (χ0v) is 15.2. The molecule has 1 aromatic heterocycles. The maximum Gasteiger partial charge on any atom is 0.358 e. The molecule has 0 fully saturated rings. The lowest BCUT2D eigenvalue weighted by atomic mass is 10.1. The van der Waals surface area contributed by atoms with Crippen LogP contribution in [0.1, 0.15) is 38.1 Å². The van der Waals surface area contributed by atoms with Gasteiger partial charge in [-0.25, -0.2) is 13.9 Å². The number of aromatic nitrogens is 4. The summed E-state index contributed by atoms with van der Waals surface area (Å²) in [6.45, 7) is 1.58. The molecule has 3 aromatic rings. The molecule has 9 nitrogen and oxygen atoms in total. The molecule has 146 valence electrons. The van der Waals surface area contributed by atoms with E-state index in [2.05, 4.69) is 15.5 Å². The molecule has 2 aromatic carbocycles. The molecule has 0 N–H and O–H groups in total. The minimum Gasteiger partial charge on any atom is -0.327 e. The maximum absolute atomic E-state index is 13.6. The molecule has 1 aliphatic rings. The number of hydroxylamine groups is 2. The quantitative estimate of drug-likeness (QED) is 0.605. The number of tetrazole rings is 1. The summed E-state index contributed by atoms with van der Waals surface area (Å²) in [4.78, 5) is 43.0. The van der Waals surface area contributed by atoms with Crippen molar-refractivity contribution in [3.8, 4) is 0 Å². The first-order chi connectivity index (χ1) is 14.0. The van der Waals surface area contributed by atoms with Gasteiger partial charge in [0.25, 0.3) is 11.8 Å². The molecule has 0 saturated carbocycles. The second-order valence-corrected chi connectivity index (χ2v) is 6.38. The normalized spacial score (nSPS) is 14.1. The van der Waals surface area contributed by atoms with Crippen LogP contribution in [0.25, 0.3) is 0 Å². The number of carbonyl (C=O) groups is 3. The zero-order chi connectivity index (χ0) is 20.5. The third-order valence-corrected chi connectivity index (χ3v) is 4.48. The Kier molecular flexibility index (Phi) is 4.59. The second-order valence-electron chi connectivity index (χ2n) is 6.38. The monoisotopic (exact) mass is 395 g/mol. The number of amides is 2. The van der Waals surface area contributed by atoms with Crippen LogP contribution in [-0.4, -0.2) is 43.1 Å². The third kappa shape index (κ3) is 3.35. The van der Waals surface area contributed by atoms with Gasteiger partial charge in [0.2, 0.25) is 0 Å². The minimum absolute atomic E-state index is 0.00829. The number of halogens is 1. The van der Waals surface area contributed by atoms with E-state index < -0.39 is 29.6 Å². The van der Waals surface area contributed by atoms with E-state index in [9.17, 15) is 18.8 Å². The number of fused-ring (bicyclic) bond motifs is 1. The fourth-order valence-electron chi connectivity index (χ4n) is 3.08. The first-order valence-electron chi connectivity index (χ1n) is 8.64. The van der Waals surface area contributed by atoms with Gasteiger partial charge in [-0.3, -0.25) is 9.59 Å². The molecule has 0 saturated heterocycles. The largest absolute Gasteiger partial charge is 0.358 e. The number of benzene rings is 2. The highest BCUT2D eigenvalue weighted by molar-refractivity contribution is 6.20. The van der Waals surface area contributed by atoms with Crippen LogP contribution in [0, 0.1) is 12.7 Å². The number of carbonyl (C=O) groups excluding carboxylic acids is 3. The van der Waals surface area contributed by atoms with Gasteiger partial charge in [-0.1, -0.05) is 29.3 Å². The summed E-state index contributed by atoms with van der Waals surface area (Å²) in [6.07, 6.45) is -0.00829. The summed E-state index contributed by atoms with van der Waals surface area (Å²) in [7, 11) is 0. The van der Waals surface area contributed by atoms with Gasteiger partial charge in [0.15, 0.2) is 6.04 Å². The first kappa shape index (κ1) is 18.4. The van der Waals surface area contributed by atoms with Crippen molar-refractivity contribution in [2.75, 3.05) is 0 Å². The number of nitrogens with zero attached hydrogens (tertiary/aromatic N) is 5. The van der Waals surface area contributed by atoms with Gasteiger partial charge in [0.05, 0.1) is 11.1 Å². The lowest BCUT2D eigenvalue weighted by Gasteiger charge is -2.19. The van der Waals surface area contributed by atoms with Gasteiger partial charge in [0.1, 0.15) is 11.6 Å². The molecule has 2 amide bonds. The average molecular weight is 395 g/mol. The van der Waals surface area contributed by atoms with Gasteiger partial charge in [-0.2, -0.15) is 0 Å². The lowest BCUT2D eigenvalue weighted by molar-refractivity contribution is -0.173. The molecular formula is C19H14FN5O4. The summed E-state index contributed by atoms with van der Waals surface area (Å²) in [5.74, 6) is -2.57. The topological polar surface area (TPSA) is 107 Å². The number of imide groups is 1. The second kappa shape index (κ2) is 7.23. The van der Waals surface area contributed by atoms with E-state index in [0.29, 0.717) is 16.5 Å². The first-order valence-corrected chi connectivity index (χ1v) is 8.64. The van der Waals surface area contributed by atoms with Crippen LogP contribution in [0.4, 0.5) is 4.39 Å². The Balaban J connectivity index is 1.62. The fraction of sp³-hybridized carbons (Fsp3) is 0.158. The number of rotatable bonds is 5. The molecule has 0 radical (unpaired) electrons. The average Bonchev–Trinajstić information content (AvgIpc) is 3.23. The van der Waals surface area contributed by atoms with E-state index in [1.807, 2.05) is 0 Å². The Bertz CT molecular complexity index is 1090. The molecule has 29 heavy (non-hydrogen) atoms. The van der Waals surface area contributed by atoms with E-state index in [1.165, 1.54) is 35.0 Å². The van der Waals surface area contributed by atoms with E-state index in [1.54, 1.807) is 25.1 Å². The van der Waals surface area contributed by atoms with Crippen LogP contribution in [0.5, 0.6) is 0 Å². The van der Waals surface area contributed by atoms with Crippen LogP contribution in [0.15, 0.2) is 48.5 Å². The minimum atomic E-state index is -1.11. The van der Waals surface area contributed by atoms with Crippen molar-refractivity contribution in [1.29, 1.82) is 0 Å². The van der Waals surface area contributed by atoms with Crippen molar-refractivity contribution in [3.05, 3.63) is 76.9 Å². The van der Waals surface area contributed by atoms with Gasteiger partial charge < -0.3 is 4.84 Å². The molecule has 0 bridgehead atoms. The van der Waals surface area contributed by atoms with Gasteiger partial charge in [-0.05, 0) is 47.2 Å². The highest BCUT2D eigenvalue weighted by Gasteiger charge is 2.40. The molecule has 0 spiro atoms. The van der Waals surface area contributed by atoms with Crippen molar-refractivity contribution in [2.24, 2.45) is 0 Å². The number of hydrogen-bond acceptors (Lipinski definition) is 7. The van der Waals surface area contributed by atoms with Crippen LogP contribution in [-0.2, 0) is 16.1 Å². The third-order valence-electron chi connectivity index (χ3n) is 4.48. The Labute approximate surface area is 163 Å². The highest BCUT2D eigenvalue weighted by atomic mass is 19.1. The van der Waals surface area contributed by atoms with E-state index in [-0.39, 0.29) is 17.5 Å². The van der Waals surface area contributed by atoms with Crippen molar-refractivity contribution in [3.63, 3.8) is 0 Å². The van der Waals surface area contributed by atoms with E-state index in [4.69, 9.17) is 4.84 Å². The predicted molar refractivity (Wildman–Crippen MR) is 94.7 cm³/mol. The van der Waals surface area contributed by atoms with E-state index in [0.717, 1.165) is 0 Å². The van der Waals surface area contributed by atoms with Crippen molar-refractivity contribution in [1.82, 2.24) is 25.3 Å². The fourth-order valence-corrected chi connectivity index (χ4v) is 3.08. The molecule has 10 heteroatoms. The van der Waals surface area contributed by atoms with Crippen LogP contribution >= 0.6 is 0 Å². The van der Waals surface area contributed by atoms with Gasteiger partial charge in [0, 0.05) is 6.42 Å². The predicted octanol–water partition coefficient (Wildman–Crippen LogP) is 1.66. The Morgan fingerprint density at radius 3 is 2.38 bits per heavy atom. The van der Waals surface area contributed by atoms with Crippen LogP contribution in [0.3, 0.4) is 0 Å². The zero-order valence-electron chi connectivity index (χ0n) is 15.2. The van der Waals surface area contributed by atoms with Crippen molar-refractivity contribution in [2.45, 2.75) is 19.4 Å². The summed E-state index contributed by atoms with van der Waals surface area (Å²) in [6, 6.07) is 10.7. The smallest absolute Gasteiger partial charge is 0.327 e. The molecular weight excluding hydrogens is 381 g/mol. The molecule has 4 rings (SSSR count). The lowest BCUT2D eigenvalue weighted by Crippen LogP contribution is -2.37. The standard InChI is InChI=1S/C19H14FN5O4/c1-11-21-22-23-24(11)16(10-12-5-4-6-13(20)9-12)19(28)29-25-17(26)14-7-2-3-8-15(14)18(25)27/h2-9,16H,10H2,1H3. The Hall–Kier alpha value is -3.95. The molecule has 2 heterocycles. The highest BCUT2D eigenvalue weighted by Crippen LogP contribution is 2.25. The summed E-state index contributed by atoms with van der Waals surface area (Å²) < 4.78 is 14.8. The van der Waals surface area contributed by atoms with Crippen molar-refractivity contribution < 1.29 is 23.6 Å². The Morgan fingerprint density at radius 1 is 1.10 bits per heavy atom. The summed E-state index contributed by atoms with van der Waals surface area (Å²) in [5, 5.41) is 11.5. The van der Waals surface area contributed by atoms with Crippen LogP contribution in [0.2, 0.25) is 0 Å². The molecule has 1 atom stereocenters. The number of aryl methyl sites for hydroxylation is 1. The number of hydrogen-bond donors (Lipinski definition) is 0. The van der Waals surface area contributed by atoms with Gasteiger partial charge in [-0.15, -0.1) is 5.10 Å². The molecule has 1 aliphatic heterocycles. The maximum atomic E-state index is 13.6. The van der Waals surface area contributed by atoms with Crippen molar-refractivity contribution >= 4 is 17.8 Å². The Morgan fingerprint density at radius 2 is 1.79 bits per heavy atom. The molecule has 1 unspecified atom stereocenters. The van der Waals surface area contributed by atoms with Gasteiger partial charge >= 0.3 is 5.97 Å². The SMILES string of the molecule is Cc1nnnn1C(Cc1cccc(F)c1)C(=O)ON1C(=O)c2ccccc2C1=O. The summed E-state index contributed by atoms with van der Waals surface area (Å²) in [5.41, 5.74) is 0.778. The summed E-state index contributed by atoms with van der Waals surface area (Å²) >= 11 is 0. The molecule has 0 aliphatic carbocycles. The van der Waals surface area contributed by atoms with E-state index >= 15 is 0 Å².